The van der Waals surface area contributed by atoms with Gasteiger partial charge in [0.15, 0.2) is 5.75 Å². The molecule has 0 bridgehead atoms. The lowest BCUT2D eigenvalue weighted by atomic mass is 10.1. The molecule has 4 heteroatoms. The number of rotatable bonds is 3. The molecule has 2 aromatic rings. The monoisotopic (exact) mass is 243 g/mol. The second-order valence-electron chi connectivity index (χ2n) is 3.94. The standard InChI is InChI=1S/C14H13NO3/c1-9-5-7-10(8-6-9)18-13-11(14(16)17)3-2-4-12(13)15/h2-8H,15H2,1H3,(H,16,17). The normalized spacial score (nSPS) is 10.1. The van der Waals surface area contributed by atoms with Crippen molar-refractivity contribution in [2.24, 2.45) is 0 Å². The highest BCUT2D eigenvalue weighted by atomic mass is 16.5. The Labute approximate surface area is 105 Å². The quantitative estimate of drug-likeness (QED) is 0.812. The summed E-state index contributed by atoms with van der Waals surface area (Å²) >= 11 is 0. The third-order valence-electron chi connectivity index (χ3n) is 2.52. The van der Waals surface area contributed by atoms with Gasteiger partial charge in [0.05, 0.1) is 5.69 Å². The van der Waals surface area contributed by atoms with Crippen molar-refractivity contribution in [3.05, 3.63) is 53.6 Å². The van der Waals surface area contributed by atoms with E-state index in [0.717, 1.165) is 5.56 Å². The molecule has 0 aromatic heterocycles. The van der Waals surface area contributed by atoms with Gasteiger partial charge < -0.3 is 15.6 Å². The summed E-state index contributed by atoms with van der Waals surface area (Å²) in [6, 6.07) is 12.0. The number of para-hydroxylation sites is 1. The van der Waals surface area contributed by atoms with Crippen molar-refractivity contribution < 1.29 is 14.6 Å². The average molecular weight is 243 g/mol. The van der Waals surface area contributed by atoms with E-state index in [4.69, 9.17) is 15.6 Å². The van der Waals surface area contributed by atoms with E-state index >= 15 is 0 Å². The first kappa shape index (κ1) is 12.0. The molecule has 92 valence electrons. The molecule has 0 aliphatic rings. The Balaban J connectivity index is 2.39. The van der Waals surface area contributed by atoms with E-state index in [0.29, 0.717) is 11.4 Å². The third kappa shape index (κ3) is 2.43. The molecule has 0 aliphatic heterocycles. The van der Waals surface area contributed by atoms with Crippen molar-refractivity contribution >= 4 is 11.7 Å². The summed E-state index contributed by atoms with van der Waals surface area (Å²) < 4.78 is 5.55. The molecule has 18 heavy (non-hydrogen) atoms. The van der Waals surface area contributed by atoms with Crippen LogP contribution in [0.25, 0.3) is 0 Å². The minimum atomic E-state index is -1.07. The molecule has 2 rings (SSSR count). The highest BCUT2D eigenvalue weighted by Crippen LogP contribution is 2.31. The van der Waals surface area contributed by atoms with Gasteiger partial charge in [-0.15, -0.1) is 0 Å². The topological polar surface area (TPSA) is 72.5 Å². The zero-order valence-electron chi connectivity index (χ0n) is 9.88. The number of ether oxygens (including phenoxy) is 1. The summed E-state index contributed by atoms with van der Waals surface area (Å²) in [5.41, 5.74) is 7.20. The van der Waals surface area contributed by atoms with Gasteiger partial charge in [-0.1, -0.05) is 23.8 Å². The van der Waals surface area contributed by atoms with Crippen LogP contribution < -0.4 is 10.5 Å². The molecular weight excluding hydrogens is 230 g/mol. The van der Waals surface area contributed by atoms with Crippen LogP contribution in [0.2, 0.25) is 0 Å². The summed E-state index contributed by atoms with van der Waals surface area (Å²) in [4.78, 5) is 11.1. The number of hydrogen-bond donors (Lipinski definition) is 2. The van der Waals surface area contributed by atoms with Gasteiger partial charge in [0, 0.05) is 0 Å². The summed E-state index contributed by atoms with van der Waals surface area (Å²) in [6.07, 6.45) is 0. The van der Waals surface area contributed by atoms with Crippen LogP contribution in [0, 0.1) is 6.92 Å². The molecule has 0 spiro atoms. The number of aryl methyl sites for hydroxylation is 1. The summed E-state index contributed by atoms with van der Waals surface area (Å²) in [5.74, 6) is -0.334. The molecule has 0 saturated carbocycles. The van der Waals surface area contributed by atoms with Gasteiger partial charge in [0.1, 0.15) is 11.3 Å². The molecule has 0 fully saturated rings. The van der Waals surface area contributed by atoms with Crippen LogP contribution in [-0.2, 0) is 0 Å². The molecule has 0 unspecified atom stereocenters. The van der Waals surface area contributed by atoms with E-state index in [1.54, 1.807) is 24.3 Å². The number of aromatic carboxylic acids is 1. The number of carboxylic acids is 1. The van der Waals surface area contributed by atoms with E-state index in [9.17, 15) is 4.79 Å². The average Bonchev–Trinajstić information content (AvgIpc) is 2.34. The maximum atomic E-state index is 11.1. The van der Waals surface area contributed by atoms with Crippen LogP contribution in [0.1, 0.15) is 15.9 Å². The highest BCUT2D eigenvalue weighted by molar-refractivity contribution is 5.93. The zero-order valence-corrected chi connectivity index (χ0v) is 9.88. The number of benzene rings is 2. The fourth-order valence-corrected chi connectivity index (χ4v) is 1.56. The van der Waals surface area contributed by atoms with E-state index < -0.39 is 5.97 Å². The molecule has 0 saturated heterocycles. The Kier molecular flexibility index (Phi) is 3.19. The Morgan fingerprint density at radius 3 is 2.44 bits per heavy atom. The Morgan fingerprint density at radius 1 is 1.17 bits per heavy atom. The van der Waals surface area contributed by atoms with Gasteiger partial charge in [0.2, 0.25) is 0 Å². The molecule has 0 radical (unpaired) electrons. The van der Waals surface area contributed by atoms with Gasteiger partial charge in [0.25, 0.3) is 0 Å². The van der Waals surface area contributed by atoms with E-state index in [-0.39, 0.29) is 11.3 Å². The molecule has 0 heterocycles. The molecule has 0 aliphatic carbocycles. The number of carboxylic acid groups (broad SMARTS) is 1. The van der Waals surface area contributed by atoms with E-state index in [2.05, 4.69) is 0 Å². The van der Waals surface area contributed by atoms with Gasteiger partial charge in [-0.25, -0.2) is 4.79 Å². The van der Waals surface area contributed by atoms with Crippen molar-refractivity contribution in [2.45, 2.75) is 6.92 Å². The van der Waals surface area contributed by atoms with Crippen molar-refractivity contribution in [1.82, 2.24) is 0 Å². The third-order valence-corrected chi connectivity index (χ3v) is 2.52. The molecule has 3 N–H and O–H groups in total. The highest BCUT2D eigenvalue weighted by Gasteiger charge is 2.14. The lowest BCUT2D eigenvalue weighted by Crippen LogP contribution is -2.02. The predicted octanol–water partition coefficient (Wildman–Crippen LogP) is 3.07. The summed E-state index contributed by atoms with van der Waals surface area (Å²) in [7, 11) is 0. The Bertz CT molecular complexity index is 576. The van der Waals surface area contributed by atoms with Crippen LogP contribution >= 0.6 is 0 Å². The maximum Gasteiger partial charge on any atom is 0.339 e. The van der Waals surface area contributed by atoms with Gasteiger partial charge in [-0.05, 0) is 31.2 Å². The number of carbonyl (C=O) groups is 1. The zero-order chi connectivity index (χ0) is 13.1. The SMILES string of the molecule is Cc1ccc(Oc2c(N)cccc2C(=O)O)cc1. The molecule has 0 amide bonds. The predicted molar refractivity (Wildman–Crippen MR) is 69.1 cm³/mol. The first-order chi connectivity index (χ1) is 8.58. The number of nitrogen functional groups attached to an aromatic ring is 1. The second kappa shape index (κ2) is 4.79. The molecular formula is C14H13NO3. The van der Waals surface area contributed by atoms with Crippen LogP contribution in [0.4, 0.5) is 5.69 Å². The minimum absolute atomic E-state index is 0.0515. The smallest absolute Gasteiger partial charge is 0.339 e. The van der Waals surface area contributed by atoms with Crippen molar-refractivity contribution in [1.29, 1.82) is 0 Å². The van der Waals surface area contributed by atoms with E-state index in [1.165, 1.54) is 6.07 Å². The lowest BCUT2D eigenvalue weighted by molar-refractivity contribution is 0.0694. The lowest BCUT2D eigenvalue weighted by Gasteiger charge is -2.11. The molecule has 2 aromatic carbocycles. The Morgan fingerprint density at radius 2 is 1.83 bits per heavy atom. The van der Waals surface area contributed by atoms with Crippen LogP contribution in [-0.4, -0.2) is 11.1 Å². The maximum absolute atomic E-state index is 11.1. The van der Waals surface area contributed by atoms with E-state index in [1.807, 2.05) is 19.1 Å². The van der Waals surface area contributed by atoms with Gasteiger partial charge >= 0.3 is 5.97 Å². The van der Waals surface area contributed by atoms with Gasteiger partial charge in [-0.3, -0.25) is 0 Å². The second-order valence-corrected chi connectivity index (χ2v) is 3.94. The molecule has 0 atom stereocenters. The van der Waals surface area contributed by atoms with Crippen LogP contribution in [0.5, 0.6) is 11.5 Å². The number of nitrogens with two attached hydrogens (primary N) is 1. The van der Waals surface area contributed by atoms with Crippen LogP contribution in [0.15, 0.2) is 42.5 Å². The molecule has 4 nitrogen and oxygen atoms in total. The summed E-state index contributed by atoms with van der Waals surface area (Å²) in [6.45, 7) is 1.96. The first-order valence-electron chi connectivity index (χ1n) is 5.44. The fourth-order valence-electron chi connectivity index (χ4n) is 1.56. The first-order valence-corrected chi connectivity index (χ1v) is 5.44. The minimum Gasteiger partial charge on any atom is -0.478 e. The largest absolute Gasteiger partial charge is 0.478 e. The number of hydrogen-bond acceptors (Lipinski definition) is 3. The van der Waals surface area contributed by atoms with Crippen molar-refractivity contribution in [2.75, 3.05) is 5.73 Å². The van der Waals surface area contributed by atoms with Crippen LogP contribution in [0.3, 0.4) is 0 Å². The van der Waals surface area contributed by atoms with Gasteiger partial charge in [-0.2, -0.15) is 0 Å². The number of anilines is 1. The fraction of sp³-hybridized carbons (Fsp3) is 0.0714. The van der Waals surface area contributed by atoms with Crippen molar-refractivity contribution in [3.63, 3.8) is 0 Å². The Hall–Kier alpha value is -2.49. The van der Waals surface area contributed by atoms with Crippen molar-refractivity contribution in [3.8, 4) is 11.5 Å². The summed E-state index contributed by atoms with van der Waals surface area (Å²) in [5, 5.41) is 9.08.